The molecule has 1 atom stereocenters. The van der Waals surface area contributed by atoms with E-state index in [9.17, 15) is 0 Å². The summed E-state index contributed by atoms with van der Waals surface area (Å²) >= 11 is 0. The number of hydrogen-bond donors (Lipinski definition) is 2. The second-order valence-electron chi connectivity index (χ2n) is 5.45. The van der Waals surface area contributed by atoms with Crippen molar-refractivity contribution in [3.8, 4) is 0 Å². The first-order chi connectivity index (χ1) is 8.40. The highest BCUT2D eigenvalue weighted by Gasteiger charge is 2.09. The number of nitrogens with one attached hydrogen (secondary N) is 1. The van der Waals surface area contributed by atoms with Crippen LogP contribution < -0.4 is 5.73 Å². The van der Waals surface area contributed by atoms with Gasteiger partial charge in [0.05, 0.1) is 5.84 Å². The van der Waals surface area contributed by atoms with Gasteiger partial charge < -0.3 is 10.6 Å². The molecule has 1 rings (SSSR count). The minimum Gasteiger partial charge on any atom is -0.387 e. The molecule has 3 heteroatoms. The van der Waals surface area contributed by atoms with Gasteiger partial charge in [-0.15, -0.1) is 0 Å². The molecular formula is C15H25N3. The zero-order chi connectivity index (χ0) is 13.7. The highest BCUT2D eigenvalue weighted by molar-refractivity contribution is 5.79. The second kappa shape index (κ2) is 6.55. The maximum Gasteiger partial charge on any atom is 0.0947 e. The first-order valence-electron chi connectivity index (χ1n) is 6.51. The Bertz CT molecular complexity index is 381. The van der Waals surface area contributed by atoms with Crippen molar-refractivity contribution in [2.45, 2.75) is 33.2 Å². The smallest absolute Gasteiger partial charge is 0.0947 e. The average molecular weight is 247 g/mol. The lowest BCUT2D eigenvalue weighted by Crippen LogP contribution is -2.31. The molecule has 0 fully saturated rings. The number of hydrogen-bond acceptors (Lipinski definition) is 2. The lowest BCUT2D eigenvalue weighted by molar-refractivity contribution is 0.306. The van der Waals surface area contributed by atoms with E-state index < -0.39 is 0 Å². The summed E-state index contributed by atoms with van der Waals surface area (Å²) < 4.78 is 0. The third-order valence-electron chi connectivity index (χ3n) is 3.22. The van der Waals surface area contributed by atoms with Crippen LogP contribution in [0.1, 0.15) is 37.8 Å². The van der Waals surface area contributed by atoms with E-state index in [0.717, 1.165) is 13.1 Å². The minimum absolute atomic E-state index is 0.116. The predicted molar refractivity (Wildman–Crippen MR) is 77.9 cm³/mol. The molecule has 0 amide bonds. The maximum absolute atomic E-state index is 7.40. The summed E-state index contributed by atoms with van der Waals surface area (Å²) in [6, 6.07) is 8.76. The quantitative estimate of drug-likeness (QED) is 0.600. The van der Waals surface area contributed by atoms with E-state index in [2.05, 4.69) is 50.1 Å². The monoisotopic (exact) mass is 247 g/mol. The molecule has 3 nitrogen and oxygen atoms in total. The fourth-order valence-corrected chi connectivity index (χ4v) is 1.95. The van der Waals surface area contributed by atoms with Gasteiger partial charge in [0.2, 0.25) is 0 Å². The highest BCUT2D eigenvalue weighted by atomic mass is 15.1. The number of rotatable bonds is 6. The summed E-state index contributed by atoms with van der Waals surface area (Å²) in [6.07, 6.45) is 0. The molecule has 0 saturated heterocycles. The average Bonchev–Trinajstić information content (AvgIpc) is 2.29. The largest absolute Gasteiger partial charge is 0.387 e. The number of nitrogens with zero attached hydrogens (tertiary/aromatic N) is 1. The summed E-state index contributed by atoms with van der Waals surface area (Å²) in [5, 5.41) is 7.40. The summed E-state index contributed by atoms with van der Waals surface area (Å²) in [5.41, 5.74) is 8.16. The summed E-state index contributed by atoms with van der Waals surface area (Å²) in [6.45, 7) is 8.11. The van der Waals surface area contributed by atoms with Crippen LogP contribution in [-0.4, -0.2) is 24.3 Å². The lowest BCUT2D eigenvalue weighted by Gasteiger charge is -2.20. The summed E-state index contributed by atoms with van der Waals surface area (Å²) in [5.74, 6) is 0.955. The molecule has 0 spiro atoms. The molecule has 0 aromatic heterocycles. The first-order valence-corrected chi connectivity index (χ1v) is 6.51. The molecule has 0 aliphatic carbocycles. The van der Waals surface area contributed by atoms with Gasteiger partial charge in [-0.05, 0) is 24.1 Å². The van der Waals surface area contributed by atoms with Gasteiger partial charge in [0.25, 0.3) is 0 Å². The van der Waals surface area contributed by atoms with Crippen molar-refractivity contribution in [1.82, 2.24) is 4.90 Å². The van der Waals surface area contributed by atoms with Gasteiger partial charge in [0, 0.05) is 19.0 Å². The van der Waals surface area contributed by atoms with E-state index in [-0.39, 0.29) is 11.8 Å². The normalized spacial score (nSPS) is 13.0. The van der Waals surface area contributed by atoms with Crippen LogP contribution in [0.15, 0.2) is 24.3 Å². The standard InChI is InChI=1S/C15H25N3/c1-11(2)14-7-5-13(6-8-14)10-18(4)9-12(3)15(16)17/h5-8,11-12H,9-10H2,1-4H3,(H3,16,17). The van der Waals surface area contributed by atoms with E-state index in [1.165, 1.54) is 11.1 Å². The molecule has 0 bridgehead atoms. The van der Waals surface area contributed by atoms with Gasteiger partial charge in [0.1, 0.15) is 0 Å². The number of benzene rings is 1. The summed E-state index contributed by atoms with van der Waals surface area (Å²) in [7, 11) is 2.07. The van der Waals surface area contributed by atoms with Crippen molar-refractivity contribution in [3.05, 3.63) is 35.4 Å². The van der Waals surface area contributed by atoms with Gasteiger partial charge in [-0.25, -0.2) is 0 Å². The topological polar surface area (TPSA) is 53.1 Å². The van der Waals surface area contributed by atoms with Gasteiger partial charge >= 0.3 is 0 Å². The van der Waals surface area contributed by atoms with Crippen LogP contribution in [-0.2, 0) is 6.54 Å². The van der Waals surface area contributed by atoms with Crippen molar-refractivity contribution in [2.75, 3.05) is 13.6 Å². The molecule has 0 aliphatic rings. The van der Waals surface area contributed by atoms with E-state index in [4.69, 9.17) is 11.1 Å². The van der Waals surface area contributed by atoms with Crippen molar-refractivity contribution in [1.29, 1.82) is 5.41 Å². The Hall–Kier alpha value is -1.35. The minimum atomic E-state index is 0.116. The fourth-order valence-electron chi connectivity index (χ4n) is 1.95. The number of nitrogens with two attached hydrogens (primary N) is 1. The van der Waals surface area contributed by atoms with Gasteiger partial charge in [-0.2, -0.15) is 0 Å². The molecule has 18 heavy (non-hydrogen) atoms. The molecule has 3 N–H and O–H groups in total. The number of amidine groups is 1. The Balaban J connectivity index is 2.54. The zero-order valence-electron chi connectivity index (χ0n) is 11.9. The van der Waals surface area contributed by atoms with Crippen molar-refractivity contribution < 1.29 is 0 Å². The Kier molecular flexibility index (Phi) is 5.35. The molecule has 0 aliphatic heterocycles. The van der Waals surface area contributed by atoms with E-state index >= 15 is 0 Å². The van der Waals surface area contributed by atoms with Crippen LogP contribution in [0.4, 0.5) is 0 Å². The molecule has 1 unspecified atom stereocenters. The van der Waals surface area contributed by atoms with E-state index in [0.29, 0.717) is 5.92 Å². The Morgan fingerprint density at radius 1 is 1.22 bits per heavy atom. The first kappa shape index (κ1) is 14.7. The van der Waals surface area contributed by atoms with Gasteiger partial charge in [0.15, 0.2) is 0 Å². The second-order valence-corrected chi connectivity index (χ2v) is 5.45. The van der Waals surface area contributed by atoms with Gasteiger partial charge in [-0.1, -0.05) is 45.0 Å². The SMILES string of the molecule is CC(CN(C)Cc1ccc(C(C)C)cc1)C(=N)N. The predicted octanol–water partition coefficient (Wildman–Crippen LogP) is 2.81. The van der Waals surface area contributed by atoms with Crippen LogP contribution in [0.25, 0.3) is 0 Å². The van der Waals surface area contributed by atoms with E-state index in [1.807, 2.05) is 6.92 Å². The van der Waals surface area contributed by atoms with Crippen LogP contribution in [0.2, 0.25) is 0 Å². The maximum atomic E-state index is 7.40. The van der Waals surface area contributed by atoms with Crippen molar-refractivity contribution in [2.24, 2.45) is 11.7 Å². The Morgan fingerprint density at radius 3 is 2.22 bits per heavy atom. The fraction of sp³-hybridized carbons (Fsp3) is 0.533. The van der Waals surface area contributed by atoms with Crippen LogP contribution in [0, 0.1) is 11.3 Å². The zero-order valence-corrected chi connectivity index (χ0v) is 11.9. The molecular weight excluding hydrogens is 222 g/mol. The molecule has 0 heterocycles. The Morgan fingerprint density at radius 2 is 1.78 bits per heavy atom. The molecule has 1 aromatic carbocycles. The highest BCUT2D eigenvalue weighted by Crippen LogP contribution is 2.15. The van der Waals surface area contributed by atoms with E-state index in [1.54, 1.807) is 0 Å². The molecule has 0 saturated carbocycles. The third-order valence-corrected chi connectivity index (χ3v) is 3.22. The third kappa shape index (κ3) is 4.49. The molecule has 0 radical (unpaired) electrons. The van der Waals surface area contributed by atoms with Crippen molar-refractivity contribution >= 4 is 5.84 Å². The summed E-state index contributed by atoms with van der Waals surface area (Å²) in [4.78, 5) is 2.20. The van der Waals surface area contributed by atoms with Crippen LogP contribution >= 0.6 is 0 Å². The Labute approximate surface area is 111 Å². The van der Waals surface area contributed by atoms with Crippen LogP contribution in [0.5, 0.6) is 0 Å². The van der Waals surface area contributed by atoms with Crippen LogP contribution in [0.3, 0.4) is 0 Å². The van der Waals surface area contributed by atoms with Crippen molar-refractivity contribution in [3.63, 3.8) is 0 Å². The molecule has 1 aromatic rings. The van der Waals surface area contributed by atoms with Gasteiger partial charge in [-0.3, -0.25) is 5.41 Å². The molecule has 100 valence electrons. The lowest BCUT2D eigenvalue weighted by atomic mass is 10.0.